The molecule has 0 N–H and O–H groups in total. The molecule has 0 aliphatic carbocycles. The molecule has 0 aliphatic heterocycles. The van der Waals surface area contributed by atoms with E-state index in [-0.39, 0.29) is 63.0 Å². The Morgan fingerprint density at radius 1 is 0.840 bits per heavy atom. The first-order valence-corrected chi connectivity index (χ1v) is 11.1. The zero-order valence-corrected chi connectivity index (χ0v) is 20.5. The summed E-state index contributed by atoms with van der Waals surface area (Å²) < 4.78 is 31.5. The first kappa shape index (κ1) is 28.2. The van der Waals surface area contributed by atoms with Crippen molar-refractivity contribution in [3.05, 3.63) is 0 Å². The summed E-state index contributed by atoms with van der Waals surface area (Å²) >= 11 is 0. The van der Waals surface area contributed by atoms with Crippen molar-refractivity contribution in [2.75, 3.05) is 19.3 Å². The van der Waals surface area contributed by atoms with E-state index in [0.29, 0.717) is 25.8 Å². The second-order valence-corrected chi connectivity index (χ2v) is 8.24. The predicted molar refractivity (Wildman–Crippen MR) is 97.9 cm³/mol. The Morgan fingerprint density at radius 2 is 1.32 bits per heavy atom. The van der Waals surface area contributed by atoms with Crippen LogP contribution in [0.1, 0.15) is 90.4 Å². The topological polar surface area (TPSA) is 77.5 Å². The van der Waals surface area contributed by atoms with E-state index in [2.05, 4.69) is 6.92 Å². The Morgan fingerprint density at radius 3 is 1.80 bits per heavy atom. The summed E-state index contributed by atoms with van der Waals surface area (Å²) in [5.41, 5.74) is 0. The van der Waals surface area contributed by atoms with Gasteiger partial charge >= 0.3 is 51.4 Å². The molecule has 0 spiro atoms. The fraction of sp³-hybridized carbons (Fsp3) is 0.944. The maximum absolute atomic E-state index is 11.9. The van der Waals surface area contributed by atoms with Crippen LogP contribution >= 0.6 is 0 Å². The van der Waals surface area contributed by atoms with Crippen molar-refractivity contribution in [1.29, 1.82) is 0 Å². The zero-order chi connectivity index (χ0) is 18.3. The third kappa shape index (κ3) is 21.2. The van der Waals surface area contributed by atoms with E-state index in [1.54, 1.807) is 11.9 Å². The molecule has 0 saturated heterocycles. The Labute approximate surface area is 197 Å². The van der Waals surface area contributed by atoms with Gasteiger partial charge < -0.3 is 9.45 Å². The van der Waals surface area contributed by atoms with Crippen molar-refractivity contribution in [3.8, 4) is 0 Å². The standard InChI is InChI=1S/C18H37NO4S.K/c1-3-4-5-6-7-8-9-10-11-12-15-18(20)19(2)16-13-14-17-24(21,22)23;/h3-17H2,1-2H3,(H,21,22,23);/q;+1/p-1. The van der Waals surface area contributed by atoms with Crippen LogP contribution in [0.5, 0.6) is 0 Å². The molecule has 7 heteroatoms. The van der Waals surface area contributed by atoms with Gasteiger partial charge in [0.15, 0.2) is 0 Å². The van der Waals surface area contributed by atoms with E-state index < -0.39 is 10.1 Å². The molecule has 0 atom stereocenters. The van der Waals surface area contributed by atoms with Crippen molar-refractivity contribution in [2.45, 2.75) is 90.4 Å². The molecule has 0 radical (unpaired) electrons. The van der Waals surface area contributed by atoms with Gasteiger partial charge in [0.1, 0.15) is 0 Å². The SMILES string of the molecule is CCCCCCCCCCCCC(=O)N(C)CCCCS(=O)(=O)[O-].[K+]. The second kappa shape index (κ2) is 18.4. The molecule has 5 nitrogen and oxygen atoms in total. The summed E-state index contributed by atoms with van der Waals surface area (Å²) in [6.45, 7) is 2.75. The number of unbranched alkanes of at least 4 members (excludes halogenated alkanes) is 10. The minimum absolute atomic E-state index is 0. The van der Waals surface area contributed by atoms with E-state index in [1.807, 2.05) is 0 Å². The van der Waals surface area contributed by atoms with Gasteiger partial charge in [-0.15, -0.1) is 0 Å². The van der Waals surface area contributed by atoms with Gasteiger partial charge in [-0.2, -0.15) is 0 Å². The van der Waals surface area contributed by atoms with Crippen LogP contribution in [0.3, 0.4) is 0 Å². The number of carbonyl (C=O) groups excluding carboxylic acids is 1. The van der Waals surface area contributed by atoms with Gasteiger partial charge in [0.25, 0.3) is 0 Å². The Balaban J connectivity index is 0. The molecule has 0 heterocycles. The second-order valence-electron chi connectivity index (χ2n) is 6.72. The average molecular weight is 402 g/mol. The molecule has 25 heavy (non-hydrogen) atoms. The van der Waals surface area contributed by atoms with E-state index in [4.69, 9.17) is 0 Å². The zero-order valence-electron chi connectivity index (χ0n) is 16.6. The summed E-state index contributed by atoms with van der Waals surface area (Å²) in [6.07, 6.45) is 13.9. The largest absolute Gasteiger partial charge is 1.00 e. The smallest absolute Gasteiger partial charge is 0.748 e. The minimum Gasteiger partial charge on any atom is -0.748 e. The molecule has 0 aromatic heterocycles. The van der Waals surface area contributed by atoms with Crippen LogP contribution in [0.25, 0.3) is 0 Å². The molecule has 0 rings (SSSR count). The maximum atomic E-state index is 11.9. The van der Waals surface area contributed by atoms with Crippen LogP contribution < -0.4 is 51.4 Å². The fourth-order valence-electron chi connectivity index (χ4n) is 2.71. The van der Waals surface area contributed by atoms with Crippen LogP contribution in [0.2, 0.25) is 0 Å². The van der Waals surface area contributed by atoms with Crippen LogP contribution in [0.15, 0.2) is 0 Å². The van der Waals surface area contributed by atoms with E-state index in [0.717, 1.165) is 12.8 Å². The van der Waals surface area contributed by atoms with Gasteiger partial charge in [-0.25, -0.2) is 8.42 Å². The van der Waals surface area contributed by atoms with Gasteiger partial charge in [0.2, 0.25) is 5.91 Å². The van der Waals surface area contributed by atoms with Crippen LogP contribution in [0.4, 0.5) is 0 Å². The maximum Gasteiger partial charge on any atom is 1.00 e. The molecule has 0 aromatic rings. The van der Waals surface area contributed by atoms with Gasteiger partial charge in [-0.05, 0) is 19.3 Å². The number of amides is 1. The van der Waals surface area contributed by atoms with Crippen LogP contribution in [-0.2, 0) is 14.9 Å². The summed E-state index contributed by atoms with van der Waals surface area (Å²) in [4.78, 5) is 13.6. The molecular formula is C18H36KNO4S. The molecule has 0 aliphatic rings. The third-order valence-electron chi connectivity index (χ3n) is 4.31. The molecule has 0 bridgehead atoms. The van der Waals surface area contributed by atoms with Gasteiger partial charge in [0.05, 0.1) is 10.1 Å². The molecule has 0 aromatic carbocycles. The van der Waals surface area contributed by atoms with E-state index >= 15 is 0 Å². The van der Waals surface area contributed by atoms with Gasteiger partial charge in [-0.3, -0.25) is 4.79 Å². The van der Waals surface area contributed by atoms with Gasteiger partial charge in [-0.1, -0.05) is 64.7 Å². The number of nitrogens with zero attached hydrogens (tertiary/aromatic N) is 1. The molecule has 0 saturated carbocycles. The first-order chi connectivity index (χ1) is 11.4. The summed E-state index contributed by atoms with van der Waals surface area (Å²) in [5.74, 6) is -0.229. The molecule has 0 fully saturated rings. The third-order valence-corrected chi connectivity index (χ3v) is 5.10. The van der Waals surface area contributed by atoms with Crippen LogP contribution in [-0.4, -0.2) is 43.1 Å². The molecule has 144 valence electrons. The van der Waals surface area contributed by atoms with Crippen molar-refractivity contribution in [2.24, 2.45) is 0 Å². The predicted octanol–water partition coefficient (Wildman–Crippen LogP) is 1.09. The quantitative estimate of drug-likeness (QED) is 0.220. The van der Waals surface area contributed by atoms with Crippen molar-refractivity contribution in [1.82, 2.24) is 4.90 Å². The van der Waals surface area contributed by atoms with Crippen LogP contribution in [0, 0.1) is 0 Å². The van der Waals surface area contributed by atoms with Crippen molar-refractivity contribution < 1.29 is 69.1 Å². The number of hydrogen-bond acceptors (Lipinski definition) is 4. The molecule has 0 unspecified atom stereocenters. The summed E-state index contributed by atoms with van der Waals surface area (Å²) in [7, 11) is -2.39. The molecule has 1 amide bonds. The van der Waals surface area contributed by atoms with Crippen molar-refractivity contribution >= 4 is 16.0 Å². The Bertz CT molecular complexity index is 415. The normalized spacial score (nSPS) is 11.2. The number of hydrogen-bond donors (Lipinski definition) is 0. The van der Waals surface area contributed by atoms with E-state index in [1.165, 1.54) is 51.4 Å². The van der Waals surface area contributed by atoms with Crippen molar-refractivity contribution in [3.63, 3.8) is 0 Å². The summed E-state index contributed by atoms with van der Waals surface area (Å²) in [6, 6.07) is 0. The molecular weight excluding hydrogens is 365 g/mol. The number of rotatable bonds is 16. The fourth-order valence-corrected chi connectivity index (χ4v) is 3.26. The first-order valence-electron chi connectivity index (χ1n) is 9.54. The van der Waals surface area contributed by atoms with Gasteiger partial charge in [0, 0.05) is 25.8 Å². The van der Waals surface area contributed by atoms with E-state index in [9.17, 15) is 17.8 Å². The Kier molecular flexibility index (Phi) is 20.8. The minimum atomic E-state index is -4.13. The Hall–Kier alpha value is 1.02. The average Bonchev–Trinajstić information content (AvgIpc) is 2.52. The monoisotopic (exact) mass is 401 g/mol. The summed E-state index contributed by atoms with van der Waals surface area (Å²) in [5, 5.41) is 0. The number of carbonyl (C=O) groups is 1.